The van der Waals surface area contributed by atoms with Gasteiger partial charge in [-0.2, -0.15) is 13.2 Å². The molecule has 32 heavy (non-hydrogen) atoms. The van der Waals surface area contributed by atoms with Crippen LogP contribution in [0.4, 0.5) is 24.7 Å². The summed E-state index contributed by atoms with van der Waals surface area (Å²) in [5.74, 6) is 0.0102. The Bertz CT molecular complexity index is 1080. The summed E-state index contributed by atoms with van der Waals surface area (Å²) in [5.41, 5.74) is 0.455. The van der Waals surface area contributed by atoms with Crippen molar-refractivity contribution < 1.29 is 18.0 Å². The van der Waals surface area contributed by atoms with E-state index in [9.17, 15) is 18.0 Å². The topological polar surface area (TPSA) is 61.4 Å². The molecule has 9 heteroatoms. The number of carbonyl (C=O) groups is 1. The number of rotatable bonds is 4. The highest BCUT2D eigenvalue weighted by atomic mass is 19.4. The molecule has 0 atom stereocenters. The van der Waals surface area contributed by atoms with Gasteiger partial charge in [0.2, 0.25) is 0 Å². The molecular weight excluding hydrogens is 419 g/mol. The van der Waals surface area contributed by atoms with Crippen molar-refractivity contribution in [2.45, 2.75) is 6.18 Å². The van der Waals surface area contributed by atoms with Gasteiger partial charge in [0.25, 0.3) is 5.91 Å². The number of aromatic nitrogens is 2. The number of halogens is 3. The predicted octanol–water partition coefficient (Wildman–Crippen LogP) is 4.17. The van der Waals surface area contributed by atoms with Crippen LogP contribution >= 0.6 is 0 Å². The van der Waals surface area contributed by atoms with Crippen LogP contribution in [0.15, 0.2) is 60.7 Å². The van der Waals surface area contributed by atoms with E-state index in [0.717, 1.165) is 49.7 Å². The molecule has 6 nitrogen and oxygen atoms in total. The van der Waals surface area contributed by atoms with Gasteiger partial charge in [-0.25, -0.2) is 0 Å². The largest absolute Gasteiger partial charge is 0.417 e. The maximum atomic E-state index is 13.2. The van der Waals surface area contributed by atoms with E-state index in [1.165, 1.54) is 12.1 Å². The van der Waals surface area contributed by atoms with Gasteiger partial charge in [-0.3, -0.25) is 4.79 Å². The number of carbonyl (C=O) groups excluding carboxylic acids is 1. The maximum Gasteiger partial charge on any atom is 0.417 e. The summed E-state index contributed by atoms with van der Waals surface area (Å²) in [6.07, 6.45) is -4.60. The monoisotopic (exact) mass is 441 g/mol. The fourth-order valence-electron chi connectivity index (χ4n) is 3.53. The summed E-state index contributed by atoms with van der Waals surface area (Å²) >= 11 is 0. The third kappa shape index (κ3) is 4.88. The van der Waals surface area contributed by atoms with E-state index >= 15 is 0 Å². The van der Waals surface area contributed by atoms with Gasteiger partial charge in [-0.05, 0) is 43.4 Å². The van der Waals surface area contributed by atoms with Crippen LogP contribution in [0.3, 0.4) is 0 Å². The van der Waals surface area contributed by atoms with Crippen molar-refractivity contribution in [3.05, 3.63) is 71.8 Å². The first-order chi connectivity index (χ1) is 15.3. The number of hydrogen-bond acceptors (Lipinski definition) is 5. The first kappa shape index (κ1) is 21.8. The number of anilines is 2. The standard InChI is InChI=1S/C23H22F3N5O/c1-30-12-14-31(15-13-30)21-11-10-20(28-29-21)16-6-8-17(9-7-16)27-22(32)18-4-2-3-5-19(18)23(24,25)26/h2-11H,12-15H2,1H3,(H,27,32). The fraction of sp³-hybridized carbons (Fsp3) is 0.261. The first-order valence-corrected chi connectivity index (χ1v) is 10.2. The van der Waals surface area contributed by atoms with Crippen LogP contribution in [-0.4, -0.2) is 54.2 Å². The van der Waals surface area contributed by atoms with Crippen molar-refractivity contribution in [3.8, 4) is 11.3 Å². The molecule has 2 heterocycles. The minimum atomic E-state index is -4.60. The molecule has 1 aliphatic heterocycles. The Labute approximate surface area is 183 Å². The number of alkyl halides is 3. The molecule has 1 amide bonds. The van der Waals surface area contributed by atoms with Gasteiger partial charge < -0.3 is 15.1 Å². The molecular formula is C23H22F3N5O. The molecule has 0 saturated carbocycles. The van der Waals surface area contributed by atoms with Gasteiger partial charge in [-0.1, -0.05) is 24.3 Å². The van der Waals surface area contributed by atoms with Gasteiger partial charge in [0.1, 0.15) is 0 Å². The maximum absolute atomic E-state index is 13.2. The van der Waals surface area contributed by atoms with Crippen LogP contribution in [0, 0.1) is 0 Å². The smallest absolute Gasteiger partial charge is 0.353 e. The lowest BCUT2D eigenvalue weighted by Gasteiger charge is -2.32. The molecule has 1 aliphatic rings. The molecule has 0 bridgehead atoms. The molecule has 4 rings (SSSR count). The van der Waals surface area contributed by atoms with E-state index in [2.05, 4.69) is 32.4 Å². The zero-order chi connectivity index (χ0) is 22.7. The van der Waals surface area contributed by atoms with Crippen LogP contribution in [0.2, 0.25) is 0 Å². The van der Waals surface area contributed by atoms with Gasteiger partial charge in [0, 0.05) is 37.4 Å². The van der Waals surface area contributed by atoms with Crippen LogP contribution in [0.5, 0.6) is 0 Å². The Hall–Kier alpha value is -3.46. The second kappa shape index (κ2) is 8.96. The Kier molecular flexibility index (Phi) is 6.09. The Morgan fingerprint density at radius 1 is 0.906 bits per heavy atom. The van der Waals surface area contributed by atoms with Crippen molar-refractivity contribution in [3.63, 3.8) is 0 Å². The van der Waals surface area contributed by atoms with E-state index in [0.29, 0.717) is 11.4 Å². The minimum Gasteiger partial charge on any atom is -0.353 e. The number of piperazine rings is 1. The third-order valence-corrected chi connectivity index (χ3v) is 5.39. The summed E-state index contributed by atoms with van der Waals surface area (Å²) in [6.45, 7) is 3.75. The molecule has 0 spiro atoms. The van der Waals surface area contributed by atoms with Crippen molar-refractivity contribution in [2.75, 3.05) is 43.4 Å². The van der Waals surface area contributed by atoms with Crippen molar-refractivity contribution in [1.29, 1.82) is 0 Å². The summed E-state index contributed by atoms with van der Waals surface area (Å²) in [7, 11) is 2.09. The molecule has 0 aliphatic carbocycles. The zero-order valence-corrected chi connectivity index (χ0v) is 17.4. The van der Waals surface area contributed by atoms with Crippen molar-refractivity contribution >= 4 is 17.4 Å². The number of nitrogens with one attached hydrogen (secondary N) is 1. The lowest BCUT2D eigenvalue weighted by atomic mass is 10.1. The van der Waals surface area contributed by atoms with Crippen molar-refractivity contribution in [2.24, 2.45) is 0 Å². The molecule has 1 aromatic heterocycles. The Morgan fingerprint density at radius 3 is 2.22 bits per heavy atom. The lowest BCUT2D eigenvalue weighted by Crippen LogP contribution is -2.44. The molecule has 0 radical (unpaired) electrons. The van der Waals surface area contributed by atoms with Gasteiger partial charge in [0.15, 0.2) is 5.82 Å². The molecule has 3 aromatic rings. The third-order valence-electron chi connectivity index (χ3n) is 5.39. The van der Waals surface area contributed by atoms with E-state index in [-0.39, 0.29) is 0 Å². The summed E-state index contributed by atoms with van der Waals surface area (Å²) in [5, 5.41) is 11.1. The number of likely N-dealkylation sites (N-methyl/N-ethyl adjacent to an activating group) is 1. The SMILES string of the molecule is CN1CCN(c2ccc(-c3ccc(NC(=O)c4ccccc4C(F)(F)F)cc3)nn2)CC1. The Balaban J connectivity index is 1.44. The summed E-state index contributed by atoms with van der Waals surface area (Å²) in [6, 6.07) is 15.2. The summed E-state index contributed by atoms with van der Waals surface area (Å²) in [4.78, 5) is 16.9. The van der Waals surface area contributed by atoms with E-state index in [1.54, 1.807) is 24.3 Å². The van der Waals surface area contributed by atoms with Gasteiger partial charge >= 0.3 is 6.18 Å². The van der Waals surface area contributed by atoms with Crippen LogP contribution < -0.4 is 10.2 Å². The second-order valence-corrected chi connectivity index (χ2v) is 7.64. The fourth-order valence-corrected chi connectivity index (χ4v) is 3.53. The highest BCUT2D eigenvalue weighted by molar-refractivity contribution is 6.05. The van der Waals surface area contributed by atoms with Gasteiger partial charge in [0.05, 0.1) is 16.8 Å². The highest BCUT2D eigenvalue weighted by Gasteiger charge is 2.34. The molecule has 166 valence electrons. The average Bonchev–Trinajstić information content (AvgIpc) is 2.80. The number of hydrogen-bond donors (Lipinski definition) is 1. The average molecular weight is 441 g/mol. The van der Waals surface area contributed by atoms with Crippen LogP contribution in [-0.2, 0) is 6.18 Å². The molecule has 1 saturated heterocycles. The number of benzene rings is 2. The quantitative estimate of drug-likeness (QED) is 0.659. The van der Waals surface area contributed by atoms with E-state index in [1.807, 2.05) is 12.1 Å². The summed E-state index contributed by atoms with van der Waals surface area (Å²) < 4.78 is 39.5. The molecule has 1 N–H and O–H groups in total. The Morgan fingerprint density at radius 2 is 1.59 bits per heavy atom. The lowest BCUT2D eigenvalue weighted by molar-refractivity contribution is -0.137. The van der Waals surface area contributed by atoms with Crippen LogP contribution in [0.1, 0.15) is 15.9 Å². The molecule has 2 aromatic carbocycles. The van der Waals surface area contributed by atoms with E-state index < -0.39 is 23.2 Å². The first-order valence-electron chi connectivity index (χ1n) is 10.2. The predicted molar refractivity (Wildman–Crippen MR) is 117 cm³/mol. The van der Waals surface area contributed by atoms with Gasteiger partial charge in [-0.15, -0.1) is 10.2 Å². The van der Waals surface area contributed by atoms with E-state index in [4.69, 9.17) is 0 Å². The molecule has 0 unspecified atom stereocenters. The normalized spacial score (nSPS) is 14.9. The van der Waals surface area contributed by atoms with Crippen LogP contribution in [0.25, 0.3) is 11.3 Å². The zero-order valence-electron chi connectivity index (χ0n) is 17.4. The molecule has 1 fully saturated rings. The highest BCUT2D eigenvalue weighted by Crippen LogP contribution is 2.32. The number of amides is 1. The second-order valence-electron chi connectivity index (χ2n) is 7.64. The number of nitrogens with zero attached hydrogens (tertiary/aromatic N) is 4. The van der Waals surface area contributed by atoms with Crippen molar-refractivity contribution in [1.82, 2.24) is 15.1 Å². The minimum absolute atomic E-state index is 0.387.